The Morgan fingerprint density at radius 2 is 1.65 bits per heavy atom. The van der Waals surface area contributed by atoms with Gasteiger partial charge in [0.25, 0.3) is 0 Å². The third-order valence-corrected chi connectivity index (χ3v) is 5.37. The summed E-state index contributed by atoms with van der Waals surface area (Å²) in [5.41, 5.74) is 13.4. The number of carbonyl (C=O) groups excluding carboxylic acids is 1. The van der Waals surface area contributed by atoms with Crippen LogP contribution in [-0.2, 0) is 10.0 Å². The zero-order valence-electron chi connectivity index (χ0n) is 14.7. The molecule has 0 aliphatic heterocycles. The number of halogens is 1. The van der Waals surface area contributed by atoms with Crippen LogP contribution in [0.25, 0.3) is 0 Å². The molecule has 2 aromatic carbocycles. The monoisotopic (exact) mass is 397 g/mol. The Morgan fingerprint density at radius 3 is 2.19 bits per heavy atom. The van der Waals surface area contributed by atoms with Gasteiger partial charge in [-0.25, -0.2) is 13.1 Å². The quantitative estimate of drug-likeness (QED) is 0.664. The van der Waals surface area contributed by atoms with Gasteiger partial charge in [-0.3, -0.25) is 4.79 Å². The van der Waals surface area contributed by atoms with Gasteiger partial charge >= 0.3 is 0 Å². The maximum atomic E-state index is 12.4. The van der Waals surface area contributed by atoms with E-state index < -0.39 is 22.0 Å². The SMILES string of the molecule is CC(C)c1ccc(C(N)CNS(=O)(=O)c2cccc(C(N)=O)c2)cc1.Cl. The topological polar surface area (TPSA) is 115 Å². The van der Waals surface area contributed by atoms with Crippen LogP contribution in [0.2, 0.25) is 0 Å². The molecule has 0 aromatic heterocycles. The highest BCUT2D eigenvalue weighted by Gasteiger charge is 2.17. The molecule has 142 valence electrons. The predicted octanol–water partition coefficient (Wildman–Crippen LogP) is 2.31. The molecular formula is C18H24ClN3O3S. The summed E-state index contributed by atoms with van der Waals surface area (Å²) < 4.78 is 27.2. The fourth-order valence-corrected chi connectivity index (χ4v) is 3.45. The smallest absolute Gasteiger partial charge is 0.248 e. The first-order valence-electron chi connectivity index (χ1n) is 7.95. The van der Waals surface area contributed by atoms with E-state index in [0.717, 1.165) is 5.56 Å². The Labute approximate surface area is 160 Å². The first-order chi connectivity index (χ1) is 11.7. The molecule has 0 aliphatic rings. The maximum absolute atomic E-state index is 12.4. The number of primary amides is 1. The molecule has 1 atom stereocenters. The minimum Gasteiger partial charge on any atom is -0.366 e. The number of carbonyl (C=O) groups is 1. The van der Waals surface area contributed by atoms with Crippen molar-refractivity contribution in [2.45, 2.75) is 30.7 Å². The van der Waals surface area contributed by atoms with Crippen LogP contribution < -0.4 is 16.2 Å². The third-order valence-electron chi connectivity index (χ3n) is 3.95. The molecule has 0 heterocycles. The fourth-order valence-electron chi connectivity index (χ4n) is 2.35. The molecule has 0 saturated heterocycles. The van der Waals surface area contributed by atoms with Gasteiger partial charge in [0.05, 0.1) is 4.90 Å². The van der Waals surface area contributed by atoms with Crippen LogP contribution in [0.5, 0.6) is 0 Å². The van der Waals surface area contributed by atoms with Crippen molar-refractivity contribution in [1.29, 1.82) is 0 Å². The highest BCUT2D eigenvalue weighted by molar-refractivity contribution is 7.89. The molecule has 0 saturated carbocycles. The van der Waals surface area contributed by atoms with Gasteiger partial charge in [0.15, 0.2) is 0 Å². The Balaban J connectivity index is 0.00000338. The summed E-state index contributed by atoms with van der Waals surface area (Å²) in [5, 5.41) is 0. The number of nitrogens with two attached hydrogens (primary N) is 2. The summed E-state index contributed by atoms with van der Waals surface area (Å²) in [7, 11) is -3.78. The van der Waals surface area contributed by atoms with Crippen molar-refractivity contribution in [1.82, 2.24) is 4.72 Å². The first-order valence-corrected chi connectivity index (χ1v) is 9.44. The summed E-state index contributed by atoms with van der Waals surface area (Å²) in [6.07, 6.45) is 0. The molecule has 8 heteroatoms. The van der Waals surface area contributed by atoms with Gasteiger partial charge in [-0.1, -0.05) is 44.2 Å². The largest absolute Gasteiger partial charge is 0.366 e. The molecule has 1 amide bonds. The second kappa shape index (κ2) is 9.14. The van der Waals surface area contributed by atoms with Gasteiger partial charge in [-0.15, -0.1) is 12.4 Å². The summed E-state index contributed by atoms with van der Waals surface area (Å²) in [4.78, 5) is 11.2. The molecule has 0 radical (unpaired) electrons. The lowest BCUT2D eigenvalue weighted by Crippen LogP contribution is -2.32. The minimum absolute atomic E-state index is 0. The van der Waals surface area contributed by atoms with Gasteiger partial charge in [-0.2, -0.15) is 0 Å². The van der Waals surface area contributed by atoms with Crippen LogP contribution in [-0.4, -0.2) is 20.9 Å². The molecule has 0 bridgehead atoms. The lowest BCUT2D eigenvalue weighted by Gasteiger charge is -2.15. The predicted molar refractivity (Wildman–Crippen MR) is 105 cm³/mol. The zero-order chi connectivity index (χ0) is 18.6. The lowest BCUT2D eigenvalue weighted by atomic mass is 9.99. The Hall–Kier alpha value is -1.93. The van der Waals surface area contributed by atoms with E-state index in [1.54, 1.807) is 0 Å². The average molecular weight is 398 g/mol. The van der Waals surface area contributed by atoms with Gasteiger partial charge < -0.3 is 11.5 Å². The molecule has 0 fully saturated rings. The lowest BCUT2D eigenvalue weighted by molar-refractivity contribution is 0.1000. The molecular weight excluding hydrogens is 374 g/mol. The molecule has 2 aromatic rings. The van der Waals surface area contributed by atoms with Crippen LogP contribution >= 0.6 is 12.4 Å². The molecule has 26 heavy (non-hydrogen) atoms. The van der Waals surface area contributed by atoms with E-state index in [9.17, 15) is 13.2 Å². The van der Waals surface area contributed by atoms with Gasteiger partial charge in [-0.05, 0) is 35.2 Å². The average Bonchev–Trinajstić information content (AvgIpc) is 2.60. The number of amides is 1. The molecule has 0 aliphatic carbocycles. The van der Waals surface area contributed by atoms with Gasteiger partial charge in [0, 0.05) is 18.2 Å². The van der Waals surface area contributed by atoms with E-state index >= 15 is 0 Å². The van der Waals surface area contributed by atoms with Crippen LogP contribution in [0, 0.1) is 0 Å². The van der Waals surface area contributed by atoms with E-state index in [1.807, 2.05) is 24.3 Å². The number of sulfonamides is 1. The second-order valence-electron chi connectivity index (χ2n) is 6.17. The Morgan fingerprint density at radius 1 is 1.08 bits per heavy atom. The normalized spacial score (nSPS) is 12.5. The van der Waals surface area contributed by atoms with E-state index in [1.165, 1.54) is 29.8 Å². The van der Waals surface area contributed by atoms with Crippen LogP contribution in [0.1, 0.15) is 47.3 Å². The number of hydrogen-bond acceptors (Lipinski definition) is 4. The number of rotatable bonds is 7. The zero-order valence-corrected chi connectivity index (χ0v) is 16.3. The van der Waals surface area contributed by atoms with Crippen molar-refractivity contribution in [2.75, 3.05) is 6.54 Å². The van der Waals surface area contributed by atoms with Crippen LogP contribution in [0.3, 0.4) is 0 Å². The second-order valence-corrected chi connectivity index (χ2v) is 7.94. The van der Waals surface area contributed by atoms with Crippen molar-refractivity contribution < 1.29 is 13.2 Å². The highest BCUT2D eigenvalue weighted by atomic mass is 35.5. The van der Waals surface area contributed by atoms with E-state index in [4.69, 9.17) is 11.5 Å². The fraction of sp³-hybridized carbons (Fsp3) is 0.278. The Kier molecular flexibility index (Phi) is 7.77. The number of hydrogen-bond donors (Lipinski definition) is 3. The van der Waals surface area contributed by atoms with Gasteiger partial charge in [0.1, 0.15) is 0 Å². The molecule has 0 spiro atoms. The summed E-state index contributed by atoms with van der Waals surface area (Å²) >= 11 is 0. The number of benzene rings is 2. The molecule has 1 unspecified atom stereocenters. The number of nitrogens with one attached hydrogen (secondary N) is 1. The van der Waals surface area contributed by atoms with Crippen LogP contribution in [0.15, 0.2) is 53.4 Å². The maximum Gasteiger partial charge on any atom is 0.248 e. The highest BCUT2D eigenvalue weighted by Crippen LogP contribution is 2.18. The Bertz CT molecular complexity index is 852. The van der Waals surface area contributed by atoms with E-state index in [-0.39, 0.29) is 29.4 Å². The van der Waals surface area contributed by atoms with Crippen molar-refractivity contribution >= 4 is 28.3 Å². The summed E-state index contributed by atoms with van der Waals surface area (Å²) in [6.45, 7) is 4.25. The molecule has 2 rings (SSSR count). The summed E-state index contributed by atoms with van der Waals surface area (Å²) in [5.74, 6) is -0.264. The standard InChI is InChI=1S/C18H23N3O3S.ClH/c1-12(2)13-6-8-14(9-7-13)17(19)11-21-25(23,24)16-5-3-4-15(10-16)18(20)22;/h3-10,12,17,21H,11,19H2,1-2H3,(H2,20,22);1H. The minimum atomic E-state index is -3.78. The van der Waals surface area contributed by atoms with E-state index in [0.29, 0.717) is 5.92 Å². The van der Waals surface area contributed by atoms with Crippen molar-refractivity contribution in [3.63, 3.8) is 0 Å². The summed E-state index contributed by atoms with van der Waals surface area (Å²) in [6, 6.07) is 12.9. The van der Waals surface area contributed by atoms with Crippen molar-refractivity contribution in [3.8, 4) is 0 Å². The third kappa shape index (κ3) is 5.54. The van der Waals surface area contributed by atoms with Crippen molar-refractivity contribution in [2.24, 2.45) is 11.5 Å². The van der Waals surface area contributed by atoms with Crippen molar-refractivity contribution in [3.05, 3.63) is 65.2 Å². The molecule has 6 nitrogen and oxygen atoms in total. The first kappa shape index (κ1) is 22.1. The van der Waals surface area contributed by atoms with Crippen LogP contribution in [0.4, 0.5) is 0 Å². The van der Waals surface area contributed by atoms with Gasteiger partial charge in [0.2, 0.25) is 15.9 Å². The van der Waals surface area contributed by atoms with E-state index in [2.05, 4.69) is 18.6 Å². The molecule has 5 N–H and O–H groups in total.